The molecule has 4 aromatic carbocycles. The molecule has 0 bridgehead atoms. The van der Waals surface area contributed by atoms with Crippen molar-refractivity contribution in [1.82, 2.24) is 5.32 Å². The highest BCUT2D eigenvalue weighted by molar-refractivity contribution is 7.55. The van der Waals surface area contributed by atoms with Crippen LogP contribution in [0.15, 0.2) is 97.1 Å². The molecule has 4 aromatic rings. The van der Waals surface area contributed by atoms with Crippen LogP contribution in [-0.2, 0) is 15.9 Å². The van der Waals surface area contributed by atoms with E-state index >= 15 is 0 Å². The van der Waals surface area contributed by atoms with Crippen molar-refractivity contribution in [3.05, 3.63) is 118 Å². The minimum Gasteiger partial charge on any atom is -0.452 e. The molecular formula is C29H25Cl3NO6P. The van der Waals surface area contributed by atoms with Crippen LogP contribution < -0.4 is 19.1 Å². The summed E-state index contributed by atoms with van der Waals surface area (Å²) in [6.45, 7) is 1.76. The monoisotopic (exact) mass is 619 g/mol. The molecule has 2 unspecified atom stereocenters. The minimum absolute atomic E-state index is 0.00989. The number of carbonyl (C=O) groups excluding carboxylic acids is 1. The Morgan fingerprint density at radius 1 is 0.800 bits per heavy atom. The molecule has 0 aromatic heterocycles. The molecule has 0 saturated carbocycles. The fourth-order valence-electron chi connectivity index (χ4n) is 3.53. The molecule has 11 heteroatoms. The zero-order chi connectivity index (χ0) is 28.5. The first kappa shape index (κ1) is 29.6. The average Bonchev–Trinajstić information content (AvgIpc) is 2.94. The van der Waals surface area contributed by atoms with E-state index < -0.39 is 19.5 Å². The molecule has 0 aliphatic carbocycles. The molecule has 0 spiro atoms. The van der Waals surface area contributed by atoms with Gasteiger partial charge in [0.1, 0.15) is 18.1 Å². The topological polar surface area (TPSA) is 83.1 Å². The van der Waals surface area contributed by atoms with E-state index in [4.69, 9.17) is 53.3 Å². The van der Waals surface area contributed by atoms with Crippen LogP contribution in [0.2, 0.25) is 15.1 Å². The Kier molecular flexibility index (Phi) is 10.2. The Labute approximate surface area is 247 Å². The second-order valence-corrected chi connectivity index (χ2v) is 11.8. The summed E-state index contributed by atoms with van der Waals surface area (Å²) in [7, 11) is -4.20. The third kappa shape index (κ3) is 8.09. The molecule has 7 nitrogen and oxygen atoms in total. The van der Waals surface area contributed by atoms with Crippen LogP contribution in [-0.4, -0.2) is 11.9 Å². The third-order valence-electron chi connectivity index (χ3n) is 5.49. The van der Waals surface area contributed by atoms with Crippen molar-refractivity contribution >= 4 is 48.5 Å². The number of hydrogen-bond acceptors (Lipinski definition) is 6. The summed E-state index contributed by atoms with van der Waals surface area (Å²) >= 11 is 18.6. The summed E-state index contributed by atoms with van der Waals surface area (Å²) in [4.78, 5) is 12.7. The number of rotatable bonds is 11. The van der Waals surface area contributed by atoms with Gasteiger partial charge in [0, 0.05) is 16.1 Å². The van der Waals surface area contributed by atoms with Crippen LogP contribution in [0.1, 0.15) is 18.9 Å². The molecule has 0 heterocycles. The number of benzene rings is 4. The zero-order valence-electron chi connectivity index (χ0n) is 21.3. The zero-order valence-corrected chi connectivity index (χ0v) is 24.4. The van der Waals surface area contributed by atoms with Crippen molar-refractivity contribution in [3.63, 3.8) is 0 Å². The van der Waals surface area contributed by atoms with Gasteiger partial charge in [-0.1, -0.05) is 90.3 Å². The summed E-state index contributed by atoms with van der Waals surface area (Å²) in [5, 5.41) is 3.61. The molecule has 0 saturated heterocycles. The summed E-state index contributed by atoms with van der Waals surface area (Å²) in [6.07, 6.45) is -0.601. The lowest BCUT2D eigenvalue weighted by Crippen LogP contribution is -2.37. The second-order valence-electron chi connectivity index (χ2n) is 8.43. The number of amides is 1. The Balaban J connectivity index is 1.62. The van der Waals surface area contributed by atoms with Gasteiger partial charge in [0.15, 0.2) is 17.3 Å². The van der Waals surface area contributed by atoms with Gasteiger partial charge in [-0.2, -0.15) is 0 Å². The van der Waals surface area contributed by atoms with E-state index in [0.717, 1.165) is 5.56 Å². The molecule has 1 N–H and O–H groups in total. The first-order valence-corrected chi connectivity index (χ1v) is 14.9. The van der Waals surface area contributed by atoms with E-state index in [2.05, 4.69) is 5.32 Å². The van der Waals surface area contributed by atoms with Gasteiger partial charge >= 0.3 is 13.7 Å². The van der Waals surface area contributed by atoms with E-state index in [1.54, 1.807) is 55.5 Å². The largest absolute Gasteiger partial charge is 0.453 e. The van der Waals surface area contributed by atoms with E-state index in [1.807, 2.05) is 30.3 Å². The highest BCUT2D eigenvalue weighted by Crippen LogP contribution is 2.55. The molecule has 0 radical (unpaired) electrons. The van der Waals surface area contributed by atoms with Crippen molar-refractivity contribution in [2.75, 3.05) is 0 Å². The van der Waals surface area contributed by atoms with Crippen LogP contribution in [0, 0.1) is 0 Å². The van der Waals surface area contributed by atoms with Crippen LogP contribution in [0.4, 0.5) is 4.79 Å². The lowest BCUT2D eigenvalue weighted by atomic mass is 10.2. The van der Waals surface area contributed by atoms with Crippen molar-refractivity contribution < 1.29 is 27.9 Å². The number of ether oxygens (including phenoxy) is 2. The number of nitrogens with one attached hydrogen (secondary N) is 1. The highest BCUT2D eigenvalue weighted by Gasteiger charge is 2.41. The van der Waals surface area contributed by atoms with Crippen molar-refractivity contribution in [3.8, 4) is 23.0 Å². The van der Waals surface area contributed by atoms with Gasteiger partial charge in [-0.25, -0.2) is 9.36 Å². The van der Waals surface area contributed by atoms with E-state index in [1.165, 1.54) is 18.2 Å². The number of carbonyl (C=O) groups is 1. The molecule has 2 atom stereocenters. The molecule has 0 fully saturated rings. The maximum atomic E-state index is 14.5. The molecule has 0 aliphatic heterocycles. The van der Waals surface area contributed by atoms with E-state index in [9.17, 15) is 9.36 Å². The SMILES string of the molecule is CCC(NC(=O)OCc1ccccc1)P(=O)(Oc1ccccc1)Oc1cc(Cl)ccc1Oc1ccc(Cl)cc1Cl. The number of hydrogen-bond donors (Lipinski definition) is 1. The smallest absolute Gasteiger partial charge is 0.452 e. The fraction of sp³-hybridized carbons (Fsp3) is 0.138. The van der Waals surface area contributed by atoms with Gasteiger partial charge < -0.3 is 23.8 Å². The summed E-state index contributed by atoms with van der Waals surface area (Å²) in [6, 6.07) is 26.9. The first-order chi connectivity index (χ1) is 19.3. The van der Waals surface area contributed by atoms with Gasteiger partial charge in [0.25, 0.3) is 0 Å². The Morgan fingerprint density at radius 2 is 1.43 bits per heavy atom. The Morgan fingerprint density at radius 3 is 2.08 bits per heavy atom. The van der Waals surface area contributed by atoms with Crippen LogP contribution in [0.25, 0.3) is 0 Å². The summed E-state index contributed by atoms with van der Waals surface area (Å²) in [5.74, 6) is -0.370. The fourth-order valence-corrected chi connectivity index (χ4v) is 5.97. The maximum absolute atomic E-state index is 14.5. The highest BCUT2D eigenvalue weighted by atomic mass is 35.5. The molecular weight excluding hydrogens is 596 g/mol. The standard InChI is InChI=1S/C29H25Cl3NO6P/c1-2-28(33-29(34)36-19-20-9-5-3-6-10-20)40(35,38-23-11-7-4-8-12-23)39-27-18-22(31)14-16-26(27)37-25-15-13-21(30)17-24(25)32/h3-18,28H,2,19H2,1H3,(H,33,34). The Bertz CT molecular complexity index is 1490. The maximum Gasteiger partial charge on any atom is 0.453 e. The van der Waals surface area contributed by atoms with Crippen LogP contribution in [0.5, 0.6) is 23.0 Å². The lowest BCUT2D eigenvalue weighted by Gasteiger charge is -2.28. The van der Waals surface area contributed by atoms with Crippen molar-refractivity contribution in [2.24, 2.45) is 0 Å². The normalized spacial score (nSPS) is 13.0. The van der Waals surface area contributed by atoms with Gasteiger partial charge in [-0.3, -0.25) is 0 Å². The van der Waals surface area contributed by atoms with Crippen LogP contribution in [0.3, 0.4) is 0 Å². The predicted molar refractivity (Wildman–Crippen MR) is 157 cm³/mol. The average molecular weight is 621 g/mol. The second kappa shape index (κ2) is 13.8. The molecule has 1 amide bonds. The van der Waals surface area contributed by atoms with Gasteiger partial charge in [0.05, 0.1) is 5.02 Å². The third-order valence-corrected chi connectivity index (χ3v) is 8.43. The Hall–Kier alpha value is -3.35. The molecule has 4 rings (SSSR count). The van der Waals surface area contributed by atoms with Crippen molar-refractivity contribution in [1.29, 1.82) is 0 Å². The molecule has 208 valence electrons. The summed E-state index contributed by atoms with van der Waals surface area (Å²) in [5.41, 5.74) is 0.798. The van der Waals surface area contributed by atoms with Gasteiger partial charge in [-0.15, -0.1) is 0 Å². The van der Waals surface area contributed by atoms with Gasteiger partial charge in [-0.05, 0) is 54.4 Å². The minimum atomic E-state index is -4.20. The van der Waals surface area contributed by atoms with E-state index in [0.29, 0.717) is 10.0 Å². The molecule has 0 aliphatic rings. The van der Waals surface area contributed by atoms with Crippen LogP contribution >= 0.6 is 42.4 Å². The quantitative estimate of drug-likeness (QED) is 0.168. The van der Waals surface area contributed by atoms with Crippen molar-refractivity contribution in [2.45, 2.75) is 25.7 Å². The number of alkyl carbamates (subject to hydrolysis) is 1. The number of halogens is 3. The number of para-hydroxylation sites is 1. The first-order valence-electron chi connectivity index (χ1n) is 12.2. The summed E-state index contributed by atoms with van der Waals surface area (Å²) < 4.78 is 37.8. The molecule has 40 heavy (non-hydrogen) atoms. The van der Waals surface area contributed by atoms with Gasteiger partial charge in [0.2, 0.25) is 0 Å². The lowest BCUT2D eigenvalue weighted by molar-refractivity contribution is 0.137. The van der Waals surface area contributed by atoms with E-state index in [-0.39, 0.29) is 41.0 Å². The predicted octanol–water partition coefficient (Wildman–Crippen LogP) is 9.75.